The fourth-order valence-electron chi connectivity index (χ4n) is 14.5. The number of hydrogen-bond donors (Lipinski definition) is 4. The molecule has 2 bridgehead atoms. The fourth-order valence-corrected chi connectivity index (χ4v) is 14.5. The summed E-state index contributed by atoms with van der Waals surface area (Å²) in [5.74, 6) is 0.966. The number of amides is 2. The summed E-state index contributed by atoms with van der Waals surface area (Å²) in [4.78, 5) is 68.1. The Labute approximate surface area is 507 Å². The topological polar surface area (TPSA) is 172 Å². The van der Waals surface area contributed by atoms with E-state index in [9.17, 15) is 24.2 Å². The van der Waals surface area contributed by atoms with Crippen molar-refractivity contribution in [1.29, 1.82) is 0 Å². The molecule has 1 saturated heterocycles. The zero-order valence-corrected chi connectivity index (χ0v) is 50.3. The Balaban J connectivity index is 0.000000173. The molecular weight excluding hydrogens is 1070 g/mol. The van der Waals surface area contributed by atoms with Gasteiger partial charge in [0.25, 0.3) is 0 Å². The molecule has 0 spiro atoms. The predicted octanol–water partition coefficient (Wildman–Crippen LogP) is 13.2. The molecule has 14 heteroatoms. The Morgan fingerprint density at radius 1 is 0.686 bits per heavy atom. The quantitative estimate of drug-likeness (QED) is 0.0384. The number of aliphatic imine (C=N–C) groups is 1. The summed E-state index contributed by atoms with van der Waals surface area (Å²) in [7, 11) is -0.471. The number of hydrogen-bond acceptors (Lipinski definition) is 9. The molecule has 6 fully saturated rings. The number of H-pyrrole nitrogens is 1. The van der Waals surface area contributed by atoms with Crippen molar-refractivity contribution in [3.05, 3.63) is 191 Å². The fraction of sp³-hybridized carbons (Fsp3) is 0.417. The Morgan fingerprint density at radius 2 is 1.24 bits per heavy atom. The number of nitrogens with one attached hydrogen (secondary N) is 3. The van der Waals surface area contributed by atoms with Gasteiger partial charge in [-0.05, 0) is 121 Å². The number of fused-ring (bicyclic) bond motifs is 2. The first-order chi connectivity index (χ1) is 41.6. The summed E-state index contributed by atoms with van der Waals surface area (Å²) < 4.78 is 13.6. The van der Waals surface area contributed by atoms with Gasteiger partial charge in [-0.15, -0.1) is 0 Å². The number of Topliss-reactive ketones (excluding diaryl/α,β-unsaturated/α-hetero) is 2. The Kier molecular flexibility index (Phi) is 17.6. The summed E-state index contributed by atoms with van der Waals surface area (Å²) in [6, 6.07) is 51.1. The maximum Gasteiger partial charge on any atom is 0.481 e. The number of nitrogens with zero attached hydrogens (tertiary/aromatic N) is 2. The summed E-state index contributed by atoms with van der Waals surface area (Å²) in [5.41, 5.74) is 9.74. The SMILES string of the molecule is CB(O)[C@H](CC1CCC1)NC(=O)[C@@H](CC(=O)c1ccc2nc(-c3ccccc3)[nH]c2c1)Cc1ccccc1.CC1(C)[C@@H]2C[C@H]3OB([C@H](CC4CCC4)NC(=O)[C@@H](CC(=O)c4ccc5c(c4)N=C(c4ccccc4)C5)Cc4ccccc4)O[C@@]3(C)[C@H]1C2. The first-order valence-corrected chi connectivity index (χ1v) is 31.7. The standard InChI is InChI=1S/C41H47BN2O4.C31H34BN3O3/c1-40(2)32-24-36(40)41(3)37(25-32)47-42(48-41)38(20-27-13-10-14-27)44-39(46)31(19-26-11-6-4-7-12-26)23-35(45)30-18-17-29-21-33(43-34(29)22-30)28-15-8-5-9-16-28;1-32(38)29(18-22-11-8-12-22)35-31(37)25(17-21-9-4-2-5-10-21)20-28(36)24-15-16-26-27(19-24)34-30(33-26)23-13-6-3-7-14-23/h4-9,11-12,15-18,22,27,31-32,36-38H,10,13-14,19-21,23-25H2,1-3H3,(H,44,46);2-7,9-10,13-16,19,22,25,29,38H,8,11-12,17-18,20H2,1H3,(H,33,34)(H,35,37)/t31-,32+,36+,37-,38+,41+;25-,29+/m11/s1. The first-order valence-electron chi connectivity index (χ1n) is 31.7. The molecule has 6 aromatic carbocycles. The van der Waals surface area contributed by atoms with Gasteiger partial charge in [0.05, 0.1) is 40.1 Å². The Bertz CT molecular complexity index is 3570. The third-order valence-corrected chi connectivity index (χ3v) is 20.4. The van der Waals surface area contributed by atoms with Crippen LogP contribution in [0.4, 0.5) is 5.69 Å². The molecule has 5 aliphatic carbocycles. The van der Waals surface area contributed by atoms with Gasteiger partial charge >= 0.3 is 14.0 Å². The third-order valence-electron chi connectivity index (χ3n) is 20.4. The number of carbonyl (C=O) groups excluding carboxylic acids is 4. The van der Waals surface area contributed by atoms with Gasteiger partial charge < -0.3 is 30.0 Å². The average Bonchev–Trinajstić information content (AvgIpc) is 1.34. The van der Waals surface area contributed by atoms with Crippen LogP contribution in [0.3, 0.4) is 0 Å². The lowest BCUT2D eigenvalue weighted by atomic mass is 9.43. The van der Waals surface area contributed by atoms with Crippen LogP contribution in [0.25, 0.3) is 22.4 Å². The van der Waals surface area contributed by atoms with Gasteiger partial charge in [-0.25, -0.2) is 4.98 Å². The van der Waals surface area contributed by atoms with E-state index in [0.29, 0.717) is 47.6 Å². The van der Waals surface area contributed by atoms with Crippen molar-refractivity contribution >= 4 is 59.8 Å². The second-order valence-electron chi connectivity index (χ2n) is 26.5. The summed E-state index contributed by atoms with van der Waals surface area (Å²) in [5, 5.41) is 16.9. The molecule has 2 aliphatic heterocycles. The lowest BCUT2D eigenvalue weighted by molar-refractivity contribution is -0.199. The maximum absolute atomic E-state index is 14.3. The van der Waals surface area contributed by atoms with Crippen LogP contribution in [0.1, 0.15) is 141 Å². The number of imidazole rings is 1. The molecule has 1 aromatic heterocycles. The highest BCUT2D eigenvalue weighted by Gasteiger charge is 2.68. The molecule has 4 N–H and O–H groups in total. The molecule has 5 saturated carbocycles. The van der Waals surface area contributed by atoms with Crippen molar-refractivity contribution in [2.75, 3.05) is 0 Å². The van der Waals surface area contributed by atoms with E-state index in [1.807, 2.05) is 140 Å². The smallest absolute Gasteiger partial charge is 0.449 e. The molecule has 86 heavy (non-hydrogen) atoms. The highest BCUT2D eigenvalue weighted by atomic mass is 16.7. The molecule has 12 nitrogen and oxygen atoms in total. The molecule has 0 unspecified atom stereocenters. The van der Waals surface area contributed by atoms with Crippen LogP contribution in [0.2, 0.25) is 6.82 Å². The van der Waals surface area contributed by atoms with Crippen molar-refractivity contribution in [2.24, 2.45) is 45.9 Å². The largest absolute Gasteiger partial charge is 0.481 e. The molecule has 0 radical (unpaired) electrons. The first kappa shape index (κ1) is 59.1. The molecular formula is C72H81B2N5O7. The van der Waals surface area contributed by atoms with Crippen LogP contribution in [0.15, 0.2) is 163 Å². The third kappa shape index (κ3) is 13.0. The van der Waals surface area contributed by atoms with Crippen LogP contribution >= 0.6 is 0 Å². The number of aromatic amines is 1. The van der Waals surface area contributed by atoms with Gasteiger partial charge in [0.15, 0.2) is 11.6 Å². The van der Waals surface area contributed by atoms with Crippen LogP contribution in [0, 0.1) is 40.9 Å². The molecule has 442 valence electrons. The highest BCUT2D eigenvalue weighted by Crippen LogP contribution is 2.66. The lowest BCUT2D eigenvalue weighted by Crippen LogP contribution is -2.65. The normalized spacial score (nSPS) is 22.2. The molecule has 14 rings (SSSR count). The van der Waals surface area contributed by atoms with Gasteiger partial charge in [-0.3, -0.25) is 24.2 Å². The molecule has 8 atom stereocenters. The van der Waals surface area contributed by atoms with Crippen LogP contribution in [0.5, 0.6) is 0 Å². The van der Waals surface area contributed by atoms with Crippen LogP contribution in [-0.2, 0) is 38.2 Å². The van der Waals surface area contributed by atoms with E-state index in [1.165, 1.54) is 32.1 Å². The minimum Gasteiger partial charge on any atom is -0.449 e. The highest BCUT2D eigenvalue weighted by molar-refractivity contribution is 6.51. The van der Waals surface area contributed by atoms with Gasteiger partial charge in [-0.1, -0.05) is 193 Å². The number of ketones is 2. The molecule has 7 aromatic rings. The molecule has 2 amide bonds. The van der Waals surface area contributed by atoms with E-state index < -0.39 is 25.9 Å². The minimum absolute atomic E-state index is 0.0401. The number of rotatable bonds is 22. The summed E-state index contributed by atoms with van der Waals surface area (Å²) in [6.07, 6.45) is 12.9. The van der Waals surface area contributed by atoms with Crippen LogP contribution < -0.4 is 10.6 Å². The minimum atomic E-state index is -0.644. The lowest BCUT2D eigenvalue weighted by Gasteiger charge is -2.64. The summed E-state index contributed by atoms with van der Waals surface area (Å²) in [6.45, 7) is 8.07. The van der Waals surface area contributed by atoms with Crippen LogP contribution in [-0.4, -0.2) is 81.7 Å². The van der Waals surface area contributed by atoms with Gasteiger partial charge in [0.1, 0.15) is 5.82 Å². The van der Waals surface area contributed by atoms with Gasteiger partial charge in [0, 0.05) is 53.7 Å². The van der Waals surface area contributed by atoms with E-state index >= 15 is 0 Å². The molecule has 7 aliphatic rings. The molecule has 3 heterocycles. The van der Waals surface area contributed by atoms with Crippen molar-refractivity contribution in [3.8, 4) is 11.4 Å². The van der Waals surface area contributed by atoms with Gasteiger partial charge in [-0.2, -0.15) is 0 Å². The van der Waals surface area contributed by atoms with E-state index in [1.54, 1.807) is 12.9 Å². The number of benzene rings is 6. The Hall–Kier alpha value is -7.25. The zero-order chi connectivity index (χ0) is 59.5. The van der Waals surface area contributed by atoms with Crippen molar-refractivity contribution in [2.45, 2.75) is 147 Å². The van der Waals surface area contributed by atoms with E-state index in [-0.39, 0.29) is 65.2 Å². The second-order valence-corrected chi connectivity index (χ2v) is 26.5. The average molecular weight is 1150 g/mol. The van der Waals surface area contributed by atoms with E-state index in [0.717, 1.165) is 94.6 Å². The van der Waals surface area contributed by atoms with Crippen molar-refractivity contribution in [3.63, 3.8) is 0 Å². The number of aromatic nitrogens is 2. The van der Waals surface area contributed by atoms with Crippen molar-refractivity contribution < 1.29 is 33.5 Å². The van der Waals surface area contributed by atoms with Crippen molar-refractivity contribution in [1.82, 2.24) is 20.6 Å². The number of carbonyl (C=O) groups is 4. The summed E-state index contributed by atoms with van der Waals surface area (Å²) >= 11 is 0. The van der Waals surface area contributed by atoms with Gasteiger partial charge in [0.2, 0.25) is 11.8 Å². The van der Waals surface area contributed by atoms with E-state index in [4.69, 9.17) is 14.3 Å². The predicted molar refractivity (Wildman–Crippen MR) is 341 cm³/mol. The maximum atomic E-state index is 14.3. The zero-order valence-electron chi connectivity index (χ0n) is 50.3. The monoisotopic (exact) mass is 1150 g/mol. The Morgan fingerprint density at radius 3 is 1.83 bits per heavy atom. The van der Waals surface area contributed by atoms with E-state index in [2.05, 4.69) is 53.5 Å². The second kappa shape index (κ2) is 25.6.